The molecule has 0 radical (unpaired) electrons. The second-order valence-corrected chi connectivity index (χ2v) is 15.8. The van der Waals surface area contributed by atoms with Gasteiger partial charge in [-0.2, -0.15) is 0 Å². The molecule has 5 atom stereocenters. The summed E-state index contributed by atoms with van der Waals surface area (Å²) in [7, 11) is -3.92. The average Bonchev–Trinajstić information content (AvgIpc) is 3.05. The summed E-state index contributed by atoms with van der Waals surface area (Å²) < 4.78 is 35.1. The number of ether oxygens (including phenoxy) is 1. The largest absolute Gasteiger partial charge is 0.490 e. The van der Waals surface area contributed by atoms with E-state index in [0.29, 0.717) is 25.4 Å². The first-order valence-electron chi connectivity index (χ1n) is 15.1. The Morgan fingerprint density at radius 1 is 1.12 bits per heavy atom. The van der Waals surface area contributed by atoms with Gasteiger partial charge in [0.2, 0.25) is 10.0 Å². The Hall–Kier alpha value is -2.55. The second kappa shape index (κ2) is 10.9. The molecule has 7 nitrogen and oxygen atoms in total. The van der Waals surface area contributed by atoms with Gasteiger partial charge in [-0.25, -0.2) is 13.1 Å². The third kappa shape index (κ3) is 5.58. The van der Waals surface area contributed by atoms with E-state index in [4.69, 9.17) is 16.3 Å². The summed E-state index contributed by atoms with van der Waals surface area (Å²) in [4.78, 5) is 15.7. The lowest BCUT2D eigenvalue weighted by molar-refractivity contribution is 0.0452. The Morgan fingerprint density at radius 3 is 2.69 bits per heavy atom. The molecule has 2 N–H and O–H groups in total. The highest BCUT2D eigenvalue weighted by Crippen LogP contribution is 2.47. The van der Waals surface area contributed by atoms with E-state index in [1.807, 2.05) is 39.0 Å². The van der Waals surface area contributed by atoms with E-state index in [-0.39, 0.29) is 34.5 Å². The van der Waals surface area contributed by atoms with Gasteiger partial charge in [0.15, 0.2) is 0 Å². The van der Waals surface area contributed by atoms with Crippen molar-refractivity contribution in [3.8, 4) is 5.75 Å². The number of hydrogen-bond donors (Lipinski definition) is 2. The maximum absolute atomic E-state index is 13.3. The van der Waals surface area contributed by atoms with Gasteiger partial charge in [-0.1, -0.05) is 50.6 Å². The topological polar surface area (TPSA) is 95.9 Å². The minimum atomic E-state index is -3.92. The van der Waals surface area contributed by atoms with Crippen molar-refractivity contribution in [1.29, 1.82) is 0 Å². The van der Waals surface area contributed by atoms with Crippen LogP contribution in [0.1, 0.15) is 67.9 Å². The third-order valence-corrected chi connectivity index (χ3v) is 12.2. The monoisotopic (exact) mass is 612 g/mol. The van der Waals surface area contributed by atoms with Gasteiger partial charge in [-0.05, 0) is 96.7 Å². The lowest BCUT2D eigenvalue weighted by atomic mass is 9.68. The minimum Gasteiger partial charge on any atom is -0.490 e. The summed E-state index contributed by atoms with van der Waals surface area (Å²) in [6.45, 7) is 7.60. The van der Waals surface area contributed by atoms with Gasteiger partial charge in [0.05, 0.1) is 24.2 Å². The van der Waals surface area contributed by atoms with Crippen LogP contribution in [0, 0.1) is 23.2 Å². The molecule has 0 saturated heterocycles. The average molecular weight is 613 g/mol. The number of anilines is 1. The van der Waals surface area contributed by atoms with Crippen LogP contribution >= 0.6 is 11.6 Å². The number of rotatable bonds is 0. The molecule has 2 aliphatic heterocycles. The van der Waals surface area contributed by atoms with Gasteiger partial charge >= 0.3 is 0 Å². The van der Waals surface area contributed by atoms with Crippen molar-refractivity contribution in [3.63, 3.8) is 0 Å². The van der Waals surface area contributed by atoms with Crippen LogP contribution in [0.5, 0.6) is 5.75 Å². The molecule has 2 bridgehead atoms. The summed E-state index contributed by atoms with van der Waals surface area (Å²) >= 11 is 6.39. The van der Waals surface area contributed by atoms with Gasteiger partial charge in [-0.3, -0.25) is 4.79 Å². The molecule has 2 heterocycles. The molecule has 0 unspecified atom stereocenters. The van der Waals surface area contributed by atoms with Crippen LogP contribution < -0.4 is 14.4 Å². The van der Waals surface area contributed by atoms with E-state index in [1.165, 1.54) is 11.1 Å². The number of carbonyl (C=O) groups is 1. The van der Waals surface area contributed by atoms with Crippen molar-refractivity contribution >= 4 is 33.2 Å². The van der Waals surface area contributed by atoms with Crippen LogP contribution in [-0.4, -0.2) is 51.0 Å². The first-order chi connectivity index (χ1) is 19.9. The molecule has 1 saturated carbocycles. The molecule has 2 aliphatic carbocycles. The molecule has 4 aliphatic rings. The molecule has 1 fully saturated rings. The smallest absolute Gasteiger partial charge is 0.264 e. The van der Waals surface area contributed by atoms with Gasteiger partial charge < -0.3 is 14.7 Å². The first kappa shape index (κ1) is 29.5. The zero-order valence-corrected chi connectivity index (χ0v) is 26.2. The quantitative estimate of drug-likeness (QED) is 0.382. The molecule has 0 aromatic heterocycles. The van der Waals surface area contributed by atoms with E-state index >= 15 is 0 Å². The molecule has 1 amide bonds. The Labute approximate surface area is 254 Å². The molecule has 226 valence electrons. The standard InChI is InChI=1S/C33H41ClN2O5S/c1-21-6-12-29(37)26-10-7-24(26)17-36-18-33(14-4-5-22-15-25(34)9-11-27(22)33)19-41-30-13-8-23(16-28(30)36)31(38)35-42(39,40)20-32(21,2)3/h6,8-9,11-13,15-16,21,24,26,29,37H,4-5,7,10,14,17-20H2,1-3H3,(H,35,38)/b12-6+/t21-,24+,26-,29-,33+/m1/s1. The Morgan fingerprint density at radius 2 is 1.93 bits per heavy atom. The van der Waals surface area contributed by atoms with E-state index in [2.05, 4.69) is 21.8 Å². The number of nitrogens with zero attached hydrogens (tertiary/aromatic N) is 1. The van der Waals surface area contributed by atoms with E-state index < -0.39 is 27.4 Å². The molecule has 42 heavy (non-hydrogen) atoms. The fraction of sp³-hybridized carbons (Fsp3) is 0.545. The van der Waals surface area contributed by atoms with Crippen LogP contribution in [0.3, 0.4) is 0 Å². The molecule has 9 heteroatoms. The van der Waals surface area contributed by atoms with Crippen LogP contribution in [0.2, 0.25) is 5.02 Å². The Bertz CT molecular complexity index is 1520. The molecular formula is C33H41ClN2O5S. The van der Waals surface area contributed by atoms with Crippen molar-refractivity contribution < 1.29 is 23.1 Å². The maximum Gasteiger partial charge on any atom is 0.264 e. The third-order valence-electron chi connectivity index (χ3n) is 10.3. The Balaban J connectivity index is 1.42. The molecule has 2 aromatic rings. The van der Waals surface area contributed by atoms with E-state index in [0.717, 1.165) is 42.8 Å². The second-order valence-electron chi connectivity index (χ2n) is 13.6. The summed E-state index contributed by atoms with van der Waals surface area (Å²) in [6, 6.07) is 11.4. The molecule has 6 rings (SSSR count). The lowest BCUT2D eigenvalue weighted by Gasteiger charge is -2.45. The number of nitrogens with one attached hydrogen (secondary N) is 1. The number of hydrogen-bond acceptors (Lipinski definition) is 6. The number of aryl methyl sites for hydroxylation is 1. The molecule has 2 aromatic carbocycles. The zero-order chi connectivity index (χ0) is 29.9. The summed E-state index contributed by atoms with van der Waals surface area (Å²) in [5.74, 6) is 0.0809. The number of allylic oxidation sites excluding steroid dienone is 1. The maximum atomic E-state index is 13.3. The van der Waals surface area contributed by atoms with E-state index in [1.54, 1.807) is 18.2 Å². The molecule has 1 spiro atoms. The number of carbonyl (C=O) groups excluding carboxylic acids is 1. The number of amides is 1. The Kier molecular flexibility index (Phi) is 7.64. The van der Waals surface area contributed by atoms with Crippen molar-refractivity contribution in [2.45, 2.75) is 64.4 Å². The lowest BCUT2D eigenvalue weighted by Crippen LogP contribution is -2.49. The SMILES string of the molecule is C[C@@H]1/C=C/[C@@H](O)[C@@H]2CC[C@H]2CN2C[C@@]3(CCCc4cc(Cl)ccc43)COc3ccc(cc32)C(=O)NS(=O)(=O)CC1(C)C. The van der Waals surface area contributed by atoms with Crippen LogP contribution in [-0.2, 0) is 21.9 Å². The van der Waals surface area contributed by atoms with Gasteiger partial charge in [-0.15, -0.1) is 0 Å². The van der Waals surface area contributed by atoms with Gasteiger partial charge in [0, 0.05) is 29.1 Å². The number of sulfonamides is 1. The fourth-order valence-corrected chi connectivity index (χ4v) is 9.26. The van der Waals surface area contributed by atoms with Crippen molar-refractivity contribution in [2.24, 2.45) is 23.2 Å². The van der Waals surface area contributed by atoms with E-state index in [9.17, 15) is 18.3 Å². The summed E-state index contributed by atoms with van der Waals surface area (Å²) in [5, 5.41) is 12.0. The number of aliphatic hydroxyl groups is 1. The highest BCUT2D eigenvalue weighted by atomic mass is 35.5. The van der Waals surface area contributed by atoms with Gasteiger partial charge in [0.25, 0.3) is 5.91 Å². The van der Waals surface area contributed by atoms with Crippen molar-refractivity contribution in [2.75, 3.05) is 30.3 Å². The predicted molar refractivity (Wildman–Crippen MR) is 166 cm³/mol. The summed E-state index contributed by atoms with van der Waals surface area (Å²) in [5.41, 5.74) is 2.67. The van der Waals surface area contributed by atoms with Crippen molar-refractivity contribution in [1.82, 2.24) is 4.72 Å². The fourth-order valence-electron chi connectivity index (χ4n) is 7.35. The zero-order valence-electron chi connectivity index (χ0n) is 24.6. The van der Waals surface area contributed by atoms with Crippen LogP contribution in [0.25, 0.3) is 0 Å². The van der Waals surface area contributed by atoms with Crippen LogP contribution in [0.4, 0.5) is 5.69 Å². The summed E-state index contributed by atoms with van der Waals surface area (Å²) in [6.07, 6.45) is 8.09. The highest BCUT2D eigenvalue weighted by Gasteiger charge is 2.44. The predicted octanol–water partition coefficient (Wildman–Crippen LogP) is 5.49. The molecular weight excluding hydrogens is 572 g/mol. The number of fused-ring (bicyclic) bond motifs is 4. The normalized spacial score (nSPS) is 32.8. The van der Waals surface area contributed by atoms with Gasteiger partial charge in [0.1, 0.15) is 5.75 Å². The number of aliphatic hydroxyl groups excluding tert-OH is 1. The van der Waals surface area contributed by atoms with Crippen LogP contribution in [0.15, 0.2) is 48.6 Å². The first-order valence-corrected chi connectivity index (χ1v) is 17.1. The number of benzene rings is 2. The highest BCUT2D eigenvalue weighted by molar-refractivity contribution is 7.90. The number of halogens is 1. The van der Waals surface area contributed by atoms with Crippen molar-refractivity contribution in [3.05, 3.63) is 70.3 Å². The minimum absolute atomic E-state index is 0.112.